The Kier molecular flexibility index (Phi) is 4.99. The van der Waals surface area contributed by atoms with Gasteiger partial charge in [-0.1, -0.05) is 35.3 Å². The molecule has 2 aromatic carbocycles. The number of benzene rings is 2. The second-order valence-electron chi connectivity index (χ2n) is 5.03. The molecule has 120 valence electrons. The third-order valence-electron chi connectivity index (χ3n) is 3.26. The maximum Gasteiger partial charge on any atom is 0.257 e. The molecule has 0 spiro atoms. The van der Waals surface area contributed by atoms with E-state index in [1.807, 2.05) is 18.2 Å². The van der Waals surface area contributed by atoms with Crippen LogP contribution in [0.1, 0.15) is 10.4 Å². The van der Waals surface area contributed by atoms with Gasteiger partial charge in [-0.3, -0.25) is 9.78 Å². The van der Waals surface area contributed by atoms with Gasteiger partial charge in [-0.25, -0.2) is 0 Å². The van der Waals surface area contributed by atoms with Crippen LogP contribution in [0.3, 0.4) is 0 Å². The summed E-state index contributed by atoms with van der Waals surface area (Å²) in [5, 5.41) is 7.15. The van der Waals surface area contributed by atoms with Crippen LogP contribution in [0.15, 0.2) is 67.0 Å². The fraction of sp³-hybridized carbons (Fsp3) is 0. The number of nitrogens with one attached hydrogen (secondary N) is 2. The Bertz CT molecular complexity index is 866. The number of halogens is 2. The molecule has 3 aromatic rings. The topological polar surface area (TPSA) is 54.0 Å². The molecule has 0 fully saturated rings. The fourth-order valence-electron chi connectivity index (χ4n) is 2.09. The summed E-state index contributed by atoms with van der Waals surface area (Å²) in [5.41, 5.74) is 2.51. The quantitative estimate of drug-likeness (QED) is 0.658. The number of pyridine rings is 1. The first-order valence-corrected chi connectivity index (χ1v) is 7.91. The van der Waals surface area contributed by atoms with Gasteiger partial charge in [0.1, 0.15) is 0 Å². The molecule has 1 amide bonds. The Hall–Kier alpha value is -2.56. The Morgan fingerprint density at radius 1 is 0.917 bits per heavy atom. The van der Waals surface area contributed by atoms with Gasteiger partial charge in [0, 0.05) is 16.9 Å². The minimum atomic E-state index is -0.257. The number of amides is 1. The van der Waals surface area contributed by atoms with Gasteiger partial charge in [0.2, 0.25) is 0 Å². The van der Waals surface area contributed by atoms with Crippen LogP contribution in [0.4, 0.5) is 17.1 Å². The first kappa shape index (κ1) is 16.3. The number of aromatic nitrogens is 1. The fourth-order valence-corrected chi connectivity index (χ4v) is 2.40. The number of anilines is 3. The summed E-state index contributed by atoms with van der Waals surface area (Å²) >= 11 is 12.0. The molecule has 0 atom stereocenters. The molecule has 0 aliphatic rings. The maximum absolute atomic E-state index is 12.3. The lowest BCUT2D eigenvalue weighted by atomic mass is 10.2. The van der Waals surface area contributed by atoms with Crippen molar-refractivity contribution in [2.45, 2.75) is 0 Å². The second kappa shape index (κ2) is 7.34. The average molecular weight is 358 g/mol. The molecule has 0 saturated heterocycles. The zero-order chi connectivity index (χ0) is 16.9. The lowest BCUT2D eigenvalue weighted by Gasteiger charge is -2.10. The van der Waals surface area contributed by atoms with Crippen molar-refractivity contribution in [3.05, 3.63) is 82.6 Å². The molecule has 0 aliphatic heterocycles. The van der Waals surface area contributed by atoms with Crippen molar-refractivity contribution >= 4 is 46.2 Å². The predicted octanol–water partition coefficient (Wildman–Crippen LogP) is 5.38. The van der Waals surface area contributed by atoms with E-state index < -0.39 is 0 Å². The smallest absolute Gasteiger partial charge is 0.257 e. The summed E-state index contributed by atoms with van der Waals surface area (Å²) in [6.07, 6.45) is 3.13. The average Bonchev–Trinajstić information content (AvgIpc) is 2.59. The summed E-state index contributed by atoms with van der Waals surface area (Å²) in [4.78, 5) is 16.4. The van der Waals surface area contributed by atoms with E-state index in [0.29, 0.717) is 27.0 Å². The van der Waals surface area contributed by atoms with E-state index >= 15 is 0 Å². The normalized spacial score (nSPS) is 10.2. The van der Waals surface area contributed by atoms with Crippen molar-refractivity contribution in [1.82, 2.24) is 4.98 Å². The second-order valence-corrected chi connectivity index (χ2v) is 5.87. The minimum Gasteiger partial charge on any atom is -0.353 e. The SMILES string of the molecule is O=C(Nc1ccc(Cl)cc1)c1cncc(Nc2ccccc2Cl)c1. The van der Waals surface area contributed by atoms with Crippen molar-refractivity contribution in [2.75, 3.05) is 10.6 Å². The highest BCUT2D eigenvalue weighted by molar-refractivity contribution is 6.33. The Morgan fingerprint density at radius 2 is 1.67 bits per heavy atom. The summed E-state index contributed by atoms with van der Waals surface area (Å²) in [6, 6.07) is 16.0. The summed E-state index contributed by atoms with van der Waals surface area (Å²) in [7, 11) is 0. The molecule has 0 bridgehead atoms. The maximum atomic E-state index is 12.3. The monoisotopic (exact) mass is 357 g/mol. The third kappa shape index (κ3) is 4.04. The molecule has 1 aromatic heterocycles. The van der Waals surface area contributed by atoms with Gasteiger partial charge in [-0.15, -0.1) is 0 Å². The number of nitrogens with zero attached hydrogens (tertiary/aromatic N) is 1. The minimum absolute atomic E-state index is 0.257. The molecule has 0 unspecified atom stereocenters. The van der Waals surface area contributed by atoms with Crippen LogP contribution in [0, 0.1) is 0 Å². The van der Waals surface area contributed by atoms with Crippen LogP contribution < -0.4 is 10.6 Å². The lowest BCUT2D eigenvalue weighted by molar-refractivity contribution is 0.102. The number of para-hydroxylation sites is 1. The molecule has 0 radical (unpaired) electrons. The highest BCUT2D eigenvalue weighted by Gasteiger charge is 2.08. The molecule has 0 saturated carbocycles. The number of hydrogen-bond donors (Lipinski definition) is 2. The molecule has 2 N–H and O–H groups in total. The predicted molar refractivity (Wildman–Crippen MR) is 98.4 cm³/mol. The van der Waals surface area contributed by atoms with Crippen LogP contribution in [0.5, 0.6) is 0 Å². The molecule has 3 rings (SSSR count). The Balaban J connectivity index is 1.76. The van der Waals surface area contributed by atoms with Crippen LogP contribution in [0.2, 0.25) is 10.0 Å². The first-order chi connectivity index (χ1) is 11.6. The Morgan fingerprint density at radius 3 is 2.42 bits per heavy atom. The highest BCUT2D eigenvalue weighted by Crippen LogP contribution is 2.25. The van der Waals surface area contributed by atoms with E-state index in [2.05, 4.69) is 15.6 Å². The van der Waals surface area contributed by atoms with Crippen molar-refractivity contribution in [3.8, 4) is 0 Å². The van der Waals surface area contributed by atoms with Crippen LogP contribution in [0.25, 0.3) is 0 Å². The van der Waals surface area contributed by atoms with E-state index in [0.717, 1.165) is 5.69 Å². The number of carbonyl (C=O) groups is 1. The zero-order valence-corrected chi connectivity index (χ0v) is 14.0. The largest absolute Gasteiger partial charge is 0.353 e. The first-order valence-electron chi connectivity index (χ1n) is 7.15. The zero-order valence-electron chi connectivity index (χ0n) is 12.5. The molecular formula is C18H13Cl2N3O. The van der Waals surface area contributed by atoms with E-state index in [9.17, 15) is 4.79 Å². The lowest BCUT2D eigenvalue weighted by Crippen LogP contribution is -2.12. The summed E-state index contributed by atoms with van der Waals surface area (Å²) < 4.78 is 0. The number of hydrogen-bond acceptors (Lipinski definition) is 3. The van der Waals surface area contributed by atoms with Gasteiger partial charge in [-0.05, 0) is 42.5 Å². The van der Waals surface area contributed by atoms with E-state index in [1.54, 1.807) is 42.6 Å². The van der Waals surface area contributed by atoms with Gasteiger partial charge < -0.3 is 10.6 Å². The van der Waals surface area contributed by atoms with Crippen LogP contribution in [-0.2, 0) is 0 Å². The van der Waals surface area contributed by atoms with Gasteiger partial charge in [-0.2, -0.15) is 0 Å². The van der Waals surface area contributed by atoms with Crippen LogP contribution in [-0.4, -0.2) is 10.9 Å². The summed E-state index contributed by atoms with van der Waals surface area (Å²) in [6.45, 7) is 0. The third-order valence-corrected chi connectivity index (χ3v) is 3.84. The molecular weight excluding hydrogens is 345 g/mol. The van der Waals surface area contributed by atoms with Crippen LogP contribution >= 0.6 is 23.2 Å². The molecule has 4 nitrogen and oxygen atoms in total. The molecule has 6 heteroatoms. The molecule has 1 heterocycles. The van der Waals surface area contributed by atoms with Gasteiger partial charge >= 0.3 is 0 Å². The van der Waals surface area contributed by atoms with Gasteiger partial charge in [0.15, 0.2) is 0 Å². The van der Waals surface area contributed by atoms with E-state index in [1.165, 1.54) is 6.20 Å². The number of rotatable bonds is 4. The standard InChI is InChI=1S/C18H13Cl2N3O/c19-13-5-7-14(8-6-13)23-18(24)12-9-15(11-21-10-12)22-17-4-2-1-3-16(17)20/h1-11,22H,(H,23,24). The number of carbonyl (C=O) groups excluding carboxylic acids is 1. The summed E-state index contributed by atoms with van der Waals surface area (Å²) in [5.74, 6) is -0.257. The van der Waals surface area contributed by atoms with Gasteiger partial charge in [0.05, 0.1) is 28.2 Å². The van der Waals surface area contributed by atoms with Gasteiger partial charge in [0.25, 0.3) is 5.91 Å². The van der Waals surface area contributed by atoms with Crippen molar-refractivity contribution in [1.29, 1.82) is 0 Å². The Labute approximate surface area is 149 Å². The molecule has 24 heavy (non-hydrogen) atoms. The van der Waals surface area contributed by atoms with E-state index in [-0.39, 0.29) is 5.91 Å². The highest BCUT2D eigenvalue weighted by atomic mass is 35.5. The van der Waals surface area contributed by atoms with Crippen molar-refractivity contribution < 1.29 is 4.79 Å². The van der Waals surface area contributed by atoms with E-state index in [4.69, 9.17) is 23.2 Å². The molecule has 0 aliphatic carbocycles. The van der Waals surface area contributed by atoms with Crippen molar-refractivity contribution in [2.24, 2.45) is 0 Å². The van der Waals surface area contributed by atoms with Crippen molar-refractivity contribution in [3.63, 3.8) is 0 Å².